The van der Waals surface area contributed by atoms with Gasteiger partial charge in [-0.15, -0.1) is 0 Å². The molecule has 0 unspecified atom stereocenters. The molecule has 0 amide bonds. The average molecular weight is 291 g/mol. The second-order valence-electron chi connectivity index (χ2n) is 3.95. The van der Waals surface area contributed by atoms with Crippen LogP contribution in [0.3, 0.4) is 0 Å². The molecule has 0 atom stereocenters. The molecular formula is C13H13N3O3S. The number of nitrogens with one attached hydrogen (secondary N) is 1. The van der Waals surface area contributed by atoms with E-state index in [2.05, 4.69) is 15.0 Å². The molecule has 2 aromatic heterocycles. The molecule has 0 aliphatic carbocycles. The quantitative estimate of drug-likeness (QED) is 0.522. The molecule has 0 aliphatic heterocycles. The molecule has 0 fully saturated rings. The summed E-state index contributed by atoms with van der Waals surface area (Å²) in [5, 5.41) is 0.351. The Balaban J connectivity index is 2.30. The van der Waals surface area contributed by atoms with E-state index in [0.717, 1.165) is 5.69 Å². The molecule has 104 valence electrons. The highest BCUT2D eigenvalue weighted by Crippen LogP contribution is 2.24. The lowest BCUT2D eigenvalue weighted by atomic mass is 10.2. The zero-order chi connectivity index (χ0) is 14.5. The van der Waals surface area contributed by atoms with Gasteiger partial charge in [0.2, 0.25) is 0 Å². The summed E-state index contributed by atoms with van der Waals surface area (Å²) >= 11 is 1.28. The van der Waals surface area contributed by atoms with Crippen molar-refractivity contribution >= 4 is 17.7 Å². The molecule has 7 heteroatoms. The van der Waals surface area contributed by atoms with Crippen molar-refractivity contribution in [3.63, 3.8) is 0 Å². The molecule has 0 bridgehead atoms. The minimum Gasteiger partial charge on any atom is -0.465 e. The number of aromatic amines is 1. The van der Waals surface area contributed by atoms with Crippen LogP contribution in [0.25, 0.3) is 0 Å². The largest absolute Gasteiger partial charge is 0.465 e. The highest BCUT2D eigenvalue weighted by atomic mass is 32.2. The van der Waals surface area contributed by atoms with Crippen molar-refractivity contribution in [2.75, 3.05) is 7.11 Å². The lowest BCUT2D eigenvalue weighted by Gasteiger charge is -2.08. The van der Waals surface area contributed by atoms with Gasteiger partial charge >= 0.3 is 11.7 Å². The predicted molar refractivity (Wildman–Crippen MR) is 74.7 cm³/mol. The Morgan fingerprint density at radius 2 is 2.25 bits per heavy atom. The number of hydrogen-bond donors (Lipinski definition) is 1. The van der Waals surface area contributed by atoms with Crippen LogP contribution in [0.2, 0.25) is 0 Å². The number of esters is 1. The predicted octanol–water partition coefficient (Wildman–Crippen LogP) is 1.55. The van der Waals surface area contributed by atoms with Crippen LogP contribution in [-0.4, -0.2) is 28.0 Å². The molecule has 0 spiro atoms. The topological polar surface area (TPSA) is 84.9 Å². The fourth-order valence-corrected chi connectivity index (χ4v) is 2.62. The number of aromatic nitrogens is 3. The van der Waals surface area contributed by atoms with Crippen LogP contribution in [0.1, 0.15) is 21.7 Å². The van der Waals surface area contributed by atoms with Gasteiger partial charge in [0, 0.05) is 17.6 Å². The third-order valence-corrected chi connectivity index (χ3v) is 3.57. The first-order chi connectivity index (χ1) is 9.61. The zero-order valence-corrected chi connectivity index (χ0v) is 11.9. The third kappa shape index (κ3) is 3.24. The van der Waals surface area contributed by atoms with Crippen molar-refractivity contribution in [3.05, 3.63) is 51.8 Å². The maximum Gasteiger partial charge on any atom is 0.346 e. The van der Waals surface area contributed by atoms with Gasteiger partial charge in [0.05, 0.1) is 12.8 Å². The van der Waals surface area contributed by atoms with E-state index in [1.165, 1.54) is 18.9 Å². The fourth-order valence-electron chi connectivity index (χ4n) is 1.63. The summed E-state index contributed by atoms with van der Waals surface area (Å²) in [4.78, 5) is 33.7. The van der Waals surface area contributed by atoms with E-state index >= 15 is 0 Å². The van der Waals surface area contributed by atoms with Crippen LogP contribution in [-0.2, 0) is 10.5 Å². The summed E-state index contributed by atoms with van der Waals surface area (Å²) in [6.45, 7) is 1.64. The van der Waals surface area contributed by atoms with Crippen molar-refractivity contribution in [2.24, 2.45) is 0 Å². The first-order valence-corrected chi connectivity index (χ1v) is 6.82. The lowest BCUT2D eigenvalue weighted by Crippen LogP contribution is -2.19. The van der Waals surface area contributed by atoms with Gasteiger partial charge in [0.1, 0.15) is 10.6 Å². The van der Waals surface area contributed by atoms with Gasteiger partial charge in [-0.1, -0.05) is 17.8 Å². The molecule has 2 aromatic rings. The van der Waals surface area contributed by atoms with Gasteiger partial charge in [-0.25, -0.2) is 9.59 Å². The highest BCUT2D eigenvalue weighted by molar-refractivity contribution is 7.98. The van der Waals surface area contributed by atoms with Crippen LogP contribution in [0, 0.1) is 6.92 Å². The van der Waals surface area contributed by atoms with Gasteiger partial charge < -0.3 is 9.72 Å². The van der Waals surface area contributed by atoms with E-state index in [0.29, 0.717) is 16.5 Å². The van der Waals surface area contributed by atoms with Crippen LogP contribution in [0.4, 0.5) is 0 Å². The van der Waals surface area contributed by atoms with E-state index in [1.807, 2.05) is 18.2 Å². The number of nitrogens with zero attached hydrogens (tertiary/aromatic N) is 2. The number of pyridine rings is 1. The molecule has 0 aliphatic rings. The van der Waals surface area contributed by atoms with Crippen LogP contribution < -0.4 is 5.69 Å². The second-order valence-corrected chi connectivity index (χ2v) is 4.91. The normalized spacial score (nSPS) is 10.3. The average Bonchev–Trinajstić information content (AvgIpc) is 2.45. The Hall–Kier alpha value is -2.15. The van der Waals surface area contributed by atoms with Gasteiger partial charge in [-0.2, -0.15) is 4.98 Å². The number of ether oxygens (including phenoxy) is 1. The number of hydrogen-bond acceptors (Lipinski definition) is 6. The van der Waals surface area contributed by atoms with Gasteiger partial charge in [-0.05, 0) is 19.1 Å². The minimum absolute atomic E-state index is 0.285. The maximum atomic E-state index is 11.8. The molecule has 0 radical (unpaired) electrons. The van der Waals surface area contributed by atoms with E-state index in [9.17, 15) is 9.59 Å². The van der Waals surface area contributed by atoms with Crippen LogP contribution in [0.5, 0.6) is 0 Å². The van der Waals surface area contributed by atoms with E-state index in [1.54, 1.807) is 13.1 Å². The molecule has 2 heterocycles. The van der Waals surface area contributed by atoms with Crippen molar-refractivity contribution in [3.8, 4) is 0 Å². The van der Waals surface area contributed by atoms with E-state index in [4.69, 9.17) is 4.74 Å². The Morgan fingerprint density at radius 3 is 2.90 bits per heavy atom. The van der Waals surface area contributed by atoms with Crippen molar-refractivity contribution < 1.29 is 9.53 Å². The number of methoxy groups -OCH3 is 1. The highest BCUT2D eigenvalue weighted by Gasteiger charge is 2.18. The van der Waals surface area contributed by atoms with Crippen molar-refractivity contribution in [2.45, 2.75) is 17.7 Å². The first-order valence-electron chi connectivity index (χ1n) is 5.83. The van der Waals surface area contributed by atoms with Crippen molar-refractivity contribution in [1.29, 1.82) is 0 Å². The van der Waals surface area contributed by atoms with Gasteiger partial charge in [0.15, 0.2) is 0 Å². The first kappa shape index (κ1) is 14.3. The number of thioether (sulfide) groups is 1. The van der Waals surface area contributed by atoms with Crippen LogP contribution in [0.15, 0.2) is 34.2 Å². The van der Waals surface area contributed by atoms with Gasteiger partial charge in [0.25, 0.3) is 0 Å². The Morgan fingerprint density at radius 1 is 1.45 bits per heavy atom. The summed E-state index contributed by atoms with van der Waals surface area (Å²) in [5.74, 6) is -0.00412. The minimum atomic E-state index is -0.519. The molecule has 20 heavy (non-hydrogen) atoms. The number of rotatable bonds is 4. The molecular weight excluding hydrogens is 278 g/mol. The Labute approximate surface area is 119 Å². The van der Waals surface area contributed by atoms with E-state index < -0.39 is 11.7 Å². The summed E-state index contributed by atoms with van der Waals surface area (Å²) in [6, 6.07) is 5.56. The third-order valence-electron chi connectivity index (χ3n) is 2.56. The number of H-pyrrole nitrogens is 1. The fraction of sp³-hybridized carbons (Fsp3) is 0.231. The van der Waals surface area contributed by atoms with Gasteiger partial charge in [-0.3, -0.25) is 4.98 Å². The summed E-state index contributed by atoms with van der Waals surface area (Å²) < 4.78 is 4.72. The summed E-state index contributed by atoms with van der Waals surface area (Å²) in [7, 11) is 1.29. The van der Waals surface area contributed by atoms with Crippen molar-refractivity contribution in [1.82, 2.24) is 15.0 Å². The Bertz CT molecular complexity index is 670. The van der Waals surface area contributed by atoms with Crippen LogP contribution >= 0.6 is 11.8 Å². The molecule has 2 rings (SSSR count). The monoisotopic (exact) mass is 291 g/mol. The van der Waals surface area contributed by atoms with E-state index in [-0.39, 0.29) is 5.56 Å². The number of carbonyl (C=O) groups is 1. The standard InChI is InChI=1S/C13H13N3O3S/c1-8-10(12(17)19-2)11(16-13(18)15-8)20-7-9-5-3-4-6-14-9/h3-6H,7H2,1-2H3,(H,15,16,18). The molecule has 6 nitrogen and oxygen atoms in total. The molecule has 0 saturated heterocycles. The SMILES string of the molecule is COC(=O)c1c(SCc2ccccn2)nc(=O)[nH]c1C. The maximum absolute atomic E-state index is 11.8. The number of carbonyl (C=O) groups excluding carboxylic acids is 1. The molecule has 0 saturated carbocycles. The smallest absolute Gasteiger partial charge is 0.346 e. The summed E-state index contributed by atoms with van der Waals surface area (Å²) in [5.41, 5.74) is 1.08. The number of aryl methyl sites for hydroxylation is 1. The molecule has 1 N–H and O–H groups in total. The zero-order valence-electron chi connectivity index (χ0n) is 11.0. The summed E-state index contributed by atoms with van der Waals surface area (Å²) in [6.07, 6.45) is 1.69. The lowest BCUT2D eigenvalue weighted by molar-refractivity contribution is 0.0594. The second kappa shape index (κ2) is 6.33. The Kier molecular flexibility index (Phi) is 4.52. The molecule has 0 aromatic carbocycles.